The van der Waals surface area contributed by atoms with E-state index in [1.54, 1.807) is 6.92 Å². The molecular weight excluding hydrogens is 266 g/mol. The molecule has 1 aromatic rings. The molecule has 1 aromatic heterocycles. The highest BCUT2D eigenvalue weighted by molar-refractivity contribution is 7.92. The van der Waals surface area contributed by atoms with Gasteiger partial charge in [-0.05, 0) is 26.7 Å². The maximum Gasteiger partial charge on any atom is 0.154 e. The highest BCUT2D eigenvalue weighted by Crippen LogP contribution is 2.23. The zero-order chi connectivity index (χ0) is 14.0. The number of anilines is 2. The van der Waals surface area contributed by atoms with E-state index in [0.717, 1.165) is 12.0 Å². The zero-order valence-corrected chi connectivity index (χ0v) is 11.9. The van der Waals surface area contributed by atoms with E-state index < -0.39 is 9.84 Å². The summed E-state index contributed by atoms with van der Waals surface area (Å²) in [5.41, 5.74) is 3.29. The molecule has 0 aliphatic carbocycles. The molecule has 1 unspecified atom stereocenters. The number of nitrogens with one attached hydrogen (secondary N) is 2. The van der Waals surface area contributed by atoms with Crippen LogP contribution >= 0.6 is 0 Å². The minimum Gasteiger partial charge on any atom is -0.368 e. The third-order valence-electron chi connectivity index (χ3n) is 3.35. The van der Waals surface area contributed by atoms with Gasteiger partial charge in [0.15, 0.2) is 9.84 Å². The number of hydrogen-bond acceptors (Lipinski definition) is 7. The van der Waals surface area contributed by atoms with Gasteiger partial charge in [0.05, 0.1) is 11.0 Å². The summed E-state index contributed by atoms with van der Waals surface area (Å²) < 4.78 is 23.5. The molecule has 2 rings (SSSR count). The first kappa shape index (κ1) is 14.0. The Morgan fingerprint density at radius 1 is 1.32 bits per heavy atom. The number of nitrogens with zero attached hydrogens (tertiary/aromatic N) is 2. The fraction of sp³-hybridized carbons (Fsp3) is 0.636. The van der Waals surface area contributed by atoms with Crippen molar-refractivity contribution in [1.82, 2.24) is 9.97 Å². The maximum atomic E-state index is 11.8. The molecule has 1 saturated heterocycles. The van der Waals surface area contributed by atoms with E-state index in [1.165, 1.54) is 0 Å². The van der Waals surface area contributed by atoms with Crippen LogP contribution in [0.2, 0.25) is 0 Å². The van der Waals surface area contributed by atoms with Crippen molar-refractivity contribution in [2.24, 2.45) is 5.84 Å². The van der Waals surface area contributed by atoms with Crippen molar-refractivity contribution >= 4 is 21.5 Å². The van der Waals surface area contributed by atoms with Crippen molar-refractivity contribution in [2.45, 2.75) is 31.9 Å². The smallest absolute Gasteiger partial charge is 0.154 e. The molecule has 19 heavy (non-hydrogen) atoms. The van der Waals surface area contributed by atoms with Gasteiger partial charge in [0.2, 0.25) is 0 Å². The quantitative estimate of drug-likeness (QED) is 0.541. The summed E-state index contributed by atoms with van der Waals surface area (Å²) in [6.07, 6.45) is 1.45. The molecule has 2 heterocycles. The summed E-state index contributed by atoms with van der Waals surface area (Å²) in [6, 6.07) is 0. The molecule has 1 atom stereocenters. The van der Waals surface area contributed by atoms with Gasteiger partial charge in [0.1, 0.15) is 17.5 Å². The maximum absolute atomic E-state index is 11.8. The molecule has 1 fully saturated rings. The summed E-state index contributed by atoms with van der Waals surface area (Å²) in [6.45, 7) is 3.97. The predicted molar refractivity (Wildman–Crippen MR) is 74.6 cm³/mol. The number of hydrogen-bond donors (Lipinski definition) is 3. The fourth-order valence-corrected chi connectivity index (χ4v) is 4.00. The Kier molecular flexibility index (Phi) is 3.91. The van der Waals surface area contributed by atoms with Gasteiger partial charge in [-0.15, -0.1) is 0 Å². The SMILES string of the molecule is Cc1nc(NN)c(C)c(NCC2CCCS2(=O)=O)n1. The predicted octanol–water partition coefficient (Wildman–Crippen LogP) is 0.368. The molecule has 7 nitrogen and oxygen atoms in total. The van der Waals surface area contributed by atoms with E-state index in [0.29, 0.717) is 30.4 Å². The first-order valence-electron chi connectivity index (χ1n) is 6.21. The molecule has 4 N–H and O–H groups in total. The van der Waals surface area contributed by atoms with Crippen LogP contribution in [0.3, 0.4) is 0 Å². The minimum absolute atomic E-state index is 0.288. The van der Waals surface area contributed by atoms with Gasteiger partial charge in [-0.2, -0.15) is 0 Å². The van der Waals surface area contributed by atoms with Gasteiger partial charge in [0, 0.05) is 12.1 Å². The van der Waals surface area contributed by atoms with Gasteiger partial charge < -0.3 is 10.7 Å². The van der Waals surface area contributed by atoms with Gasteiger partial charge in [-0.1, -0.05) is 0 Å². The summed E-state index contributed by atoms with van der Waals surface area (Å²) in [4.78, 5) is 8.43. The molecule has 1 aliphatic rings. The minimum atomic E-state index is -2.94. The third-order valence-corrected chi connectivity index (χ3v) is 5.63. The molecule has 0 spiro atoms. The Morgan fingerprint density at radius 3 is 2.58 bits per heavy atom. The Balaban J connectivity index is 2.14. The summed E-state index contributed by atoms with van der Waals surface area (Å²) in [5, 5.41) is 2.78. The fourth-order valence-electron chi connectivity index (χ4n) is 2.24. The second-order valence-electron chi connectivity index (χ2n) is 4.75. The molecule has 106 valence electrons. The van der Waals surface area contributed by atoms with E-state index in [9.17, 15) is 8.42 Å². The zero-order valence-electron chi connectivity index (χ0n) is 11.1. The Hall–Kier alpha value is -1.41. The van der Waals surface area contributed by atoms with Crippen LogP contribution in [0, 0.1) is 13.8 Å². The van der Waals surface area contributed by atoms with E-state index in [2.05, 4.69) is 20.7 Å². The Morgan fingerprint density at radius 2 is 2.00 bits per heavy atom. The van der Waals surface area contributed by atoms with Crippen LogP contribution in [0.15, 0.2) is 0 Å². The van der Waals surface area contributed by atoms with Crippen LogP contribution in [0.1, 0.15) is 24.2 Å². The molecule has 0 saturated carbocycles. The molecule has 0 radical (unpaired) electrons. The summed E-state index contributed by atoms with van der Waals surface area (Å²) in [5.74, 6) is 7.43. The second-order valence-corrected chi connectivity index (χ2v) is 7.15. The lowest BCUT2D eigenvalue weighted by atomic mass is 10.2. The molecule has 0 amide bonds. The van der Waals surface area contributed by atoms with E-state index in [-0.39, 0.29) is 11.0 Å². The van der Waals surface area contributed by atoms with Crippen molar-refractivity contribution < 1.29 is 8.42 Å². The number of hydrazine groups is 1. The van der Waals surface area contributed by atoms with Crippen LogP contribution in [-0.2, 0) is 9.84 Å². The van der Waals surface area contributed by atoms with Gasteiger partial charge in [-0.25, -0.2) is 24.2 Å². The topological polar surface area (TPSA) is 110 Å². The van der Waals surface area contributed by atoms with Crippen molar-refractivity contribution in [1.29, 1.82) is 0 Å². The van der Waals surface area contributed by atoms with E-state index >= 15 is 0 Å². The van der Waals surface area contributed by atoms with Crippen LogP contribution in [0.5, 0.6) is 0 Å². The first-order chi connectivity index (χ1) is 8.94. The van der Waals surface area contributed by atoms with Crippen molar-refractivity contribution in [3.63, 3.8) is 0 Å². The van der Waals surface area contributed by atoms with E-state index in [4.69, 9.17) is 5.84 Å². The second kappa shape index (κ2) is 5.30. The molecule has 0 aromatic carbocycles. The first-order valence-corrected chi connectivity index (χ1v) is 7.93. The molecule has 1 aliphatic heterocycles. The molecular formula is C11H19N5O2S. The average molecular weight is 285 g/mol. The number of aryl methyl sites for hydroxylation is 1. The van der Waals surface area contributed by atoms with Crippen molar-refractivity contribution in [2.75, 3.05) is 23.0 Å². The normalized spacial score (nSPS) is 21.3. The van der Waals surface area contributed by atoms with Crippen molar-refractivity contribution in [3.8, 4) is 0 Å². The lowest BCUT2D eigenvalue weighted by Gasteiger charge is -2.15. The third kappa shape index (κ3) is 2.95. The summed E-state index contributed by atoms with van der Waals surface area (Å²) in [7, 11) is -2.94. The standard InChI is InChI=1S/C11H19N5O2S/c1-7-10(14-8(2)15-11(7)16-12)13-6-9-4-3-5-19(9,17)18/h9H,3-6,12H2,1-2H3,(H2,13,14,15,16). The van der Waals surface area contributed by atoms with Crippen molar-refractivity contribution in [3.05, 3.63) is 11.4 Å². The number of aromatic nitrogens is 2. The number of sulfone groups is 1. The number of rotatable bonds is 4. The van der Waals surface area contributed by atoms with Crippen LogP contribution in [0.4, 0.5) is 11.6 Å². The number of nitrogen functional groups attached to an aromatic ring is 1. The molecule has 8 heteroatoms. The monoisotopic (exact) mass is 285 g/mol. The van der Waals surface area contributed by atoms with Crippen LogP contribution < -0.4 is 16.6 Å². The van der Waals surface area contributed by atoms with Crippen LogP contribution in [0.25, 0.3) is 0 Å². The highest BCUT2D eigenvalue weighted by atomic mass is 32.2. The Labute approximate surface area is 112 Å². The lowest BCUT2D eigenvalue weighted by Crippen LogP contribution is -2.26. The average Bonchev–Trinajstić information content (AvgIpc) is 2.69. The summed E-state index contributed by atoms with van der Waals surface area (Å²) >= 11 is 0. The van der Waals surface area contributed by atoms with E-state index in [1.807, 2.05) is 6.92 Å². The van der Waals surface area contributed by atoms with Gasteiger partial charge in [-0.3, -0.25) is 0 Å². The van der Waals surface area contributed by atoms with Crippen LogP contribution in [-0.4, -0.2) is 35.9 Å². The Bertz CT molecular complexity index is 573. The lowest BCUT2D eigenvalue weighted by molar-refractivity contribution is 0.591. The highest BCUT2D eigenvalue weighted by Gasteiger charge is 2.31. The largest absolute Gasteiger partial charge is 0.368 e. The van der Waals surface area contributed by atoms with Gasteiger partial charge >= 0.3 is 0 Å². The number of nitrogens with two attached hydrogens (primary N) is 1. The molecule has 0 bridgehead atoms. The van der Waals surface area contributed by atoms with Gasteiger partial charge in [0.25, 0.3) is 0 Å².